The number of hydrogen-bond acceptors (Lipinski definition) is 5. The maximum absolute atomic E-state index is 5.84. The molecule has 1 heterocycles. The molecule has 1 aliphatic heterocycles. The number of ether oxygens (including phenoxy) is 2. The average Bonchev–Trinajstić information content (AvgIpc) is 3.15. The third kappa shape index (κ3) is 4.60. The molecule has 0 spiro atoms. The summed E-state index contributed by atoms with van der Waals surface area (Å²) in [6.45, 7) is 12.7. The Hall–Kier alpha value is 0.0169. The quantitative estimate of drug-likeness (QED) is 0.424. The van der Waals surface area contributed by atoms with E-state index < -0.39 is 8.80 Å². The van der Waals surface area contributed by atoms with E-state index in [4.69, 9.17) is 22.8 Å². The normalized spacial score (nSPS) is 21.0. The first-order chi connectivity index (χ1) is 8.72. The second-order valence-electron chi connectivity index (χ2n) is 3.97. The van der Waals surface area contributed by atoms with Crippen LogP contribution in [0.2, 0.25) is 0 Å². The van der Waals surface area contributed by atoms with Crippen LogP contribution in [0.1, 0.15) is 27.2 Å². The van der Waals surface area contributed by atoms with Crippen LogP contribution in [0.25, 0.3) is 0 Å². The van der Waals surface area contributed by atoms with Crippen molar-refractivity contribution in [2.24, 2.45) is 0 Å². The third-order valence-electron chi connectivity index (χ3n) is 2.58. The van der Waals surface area contributed by atoms with Crippen LogP contribution in [0, 0.1) is 6.92 Å². The first kappa shape index (κ1) is 16.1. The van der Waals surface area contributed by atoms with Crippen LogP contribution in [0.15, 0.2) is 0 Å². The molecule has 2 atom stereocenters. The molecule has 6 heteroatoms. The van der Waals surface area contributed by atoms with Crippen LogP contribution < -0.4 is 0 Å². The molecule has 1 aliphatic rings. The van der Waals surface area contributed by atoms with E-state index in [0.29, 0.717) is 32.8 Å². The summed E-state index contributed by atoms with van der Waals surface area (Å²) < 4.78 is 28.4. The van der Waals surface area contributed by atoms with Gasteiger partial charge < -0.3 is 22.8 Å². The molecule has 0 N–H and O–H groups in total. The van der Waals surface area contributed by atoms with Gasteiger partial charge >= 0.3 is 8.80 Å². The molecule has 5 nitrogen and oxygen atoms in total. The van der Waals surface area contributed by atoms with Gasteiger partial charge in [-0.2, -0.15) is 0 Å². The monoisotopic (exact) mass is 277 g/mol. The van der Waals surface area contributed by atoms with Crippen molar-refractivity contribution in [3.8, 4) is 0 Å². The summed E-state index contributed by atoms with van der Waals surface area (Å²) in [5.74, 6) is 0. The predicted octanol–water partition coefficient (Wildman–Crippen LogP) is 1.58. The van der Waals surface area contributed by atoms with Crippen LogP contribution in [-0.2, 0) is 22.8 Å². The molecule has 1 saturated heterocycles. The van der Waals surface area contributed by atoms with E-state index in [1.165, 1.54) is 0 Å². The van der Waals surface area contributed by atoms with Gasteiger partial charge in [0.25, 0.3) is 0 Å². The van der Waals surface area contributed by atoms with E-state index in [-0.39, 0.29) is 11.8 Å². The van der Waals surface area contributed by atoms with Crippen molar-refractivity contribution in [1.82, 2.24) is 0 Å². The summed E-state index contributed by atoms with van der Waals surface area (Å²) in [6, 6.07) is 0. The van der Waals surface area contributed by atoms with Gasteiger partial charge in [-0.3, -0.25) is 0 Å². The molecular formula is C12H25O5Si. The van der Waals surface area contributed by atoms with Crippen LogP contribution in [-0.4, -0.2) is 53.7 Å². The summed E-state index contributed by atoms with van der Waals surface area (Å²) in [5.41, 5.74) is -0.221. The fraction of sp³-hybridized carbons (Fsp3) is 0.917. The summed E-state index contributed by atoms with van der Waals surface area (Å²) in [5, 5.41) is 0. The van der Waals surface area contributed by atoms with Gasteiger partial charge in [0.15, 0.2) is 0 Å². The van der Waals surface area contributed by atoms with E-state index in [0.717, 1.165) is 6.61 Å². The maximum atomic E-state index is 5.84. The zero-order valence-electron chi connectivity index (χ0n) is 11.6. The molecule has 0 aliphatic carbocycles. The van der Waals surface area contributed by atoms with Crippen LogP contribution >= 0.6 is 0 Å². The van der Waals surface area contributed by atoms with Gasteiger partial charge in [0, 0.05) is 19.8 Å². The van der Waals surface area contributed by atoms with Crippen molar-refractivity contribution in [3.05, 3.63) is 6.92 Å². The largest absolute Gasteiger partial charge is 0.531 e. The smallest absolute Gasteiger partial charge is 0.372 e. The minimum absolute atomic E-state index is 0.218. The fourth-order valence-corrected chi connectivity index (χ4v) is 4.43. The Balaban J connectivity index is 2.65. The lowest BCUT2D eigenvalue weighted by atomic mass is 10.5. The van der Waals surface area contributed by atoms with Crippen molar-refractivity contribution in [1.29, 1.82) is 0 Å². The van der Waals surface area contributed by atoms with Crippen LogP contribution in [0.3, 0.4) is 0 Å². The van der Waals surface area contributed by atoms with Gasteiger partial charge in [-0.15, -0.1) is 0 Å². The van der Waals surface area contributed by atoms with Crippen molar-refractivity contribution < 1.29 is 22.8 Å². The minimum atomic E-state index is -2.80. The Bertz CT molecular complexity index is 205. The zero-order valence-corrected chi connectivity index (χ0v) is 12.6. The highest BCUT2D eigenvalue weighted by atomic mass is 28.4. The Labute approximate surface area is 111 Å². The molecule has 1 rings (SSSR count). The van der Waals surface area contributed by atoms with Crippen molar-refractivity contribution >= 4 is 8.80 Å². The summed E-state index contributed by atoms with van der Waals surface area (Å²) in [4.78, 5) is 0. The van der Waals surface area contributed by atoms with E-state index in [2.05, 4.69) is 6.92 Å². The Kier molecular flexibility index (Phi) is 7.36. The Morgan fingerprint density at radius 3 is 2.00 bits per heavy atom. The topological polar surface area (TPSA) is 49.5 Å². The van der Waals surface area contributed by atoms with Gasteiger partial charge in [-0.25, -0.2) is 0 Å². The fourth-order valence-electron chi connectivity index (χ4n) is 1.76. The SMILES string of the molecule is [CH2]CC(OCC1CO1)[Si](OCC)(OCC)OCC. The first-order valence-electron chi connectivity index (χ1n) is 6.66. The van der Waals surface area contributed by atoms with Gasteiger partial charge in [-0.05, 0) is 27.2 Å². The van der Waals surface area contributed by atoms with Crippen molar-refractivity contribution in [3.63, 3.8) is 0 Å². The summed E-state index contributed by atoms with van der Waals surface area (Å²) in [7, 11) is -2.80. The van der Waals surface area contributed by atoms with E-state index in [1.54, 1.807) is 0 Å². The van der Waals surface area contributed by atoms with Crippen LogP contribution in [0.4, 0.5) is 0 Å². The number of hydrogen-bond donors (Lipinski definition) is 0. The standard InChI is InChI=1S/C12H25O5Si/c1-5-12(14-10-11-9-13-11)18(15-6-2,16-7-3)17-8-4/h11-12H,1,5-10H2,2-4H3. The molecule has 0 bridgehead atoms. The van der Waals surface area contributed by atoms with Crippen molar-refractivity contribution in [2.75, 3.05) is 33.0 Å². The predicted molar refractivity (Wildman–Crippen MR) is 70.1 cm³/mol. The third-order valence-corrected chi connectivity index (χ3v) is 5.90. The zero-order chi connectivity index (χ0) is 13.4. The number of rotatable bonds is 11. The van der Waals surface area contributed by atoms with E-state index in [9.17, 15) is 0 Å². The van der Waals surface area contributed by atoms with E-state index in [1.807, 2.05) is 20.8 Å². The molecule has 0 aromatic rings. The Morgan fingerprint density at radius 2 is 1.67 bits per heavy atom. The molecule has 1 radical (unpaired) electrons. The summed E-state index contributed by atoms with van der Waals surface area (Å²) >= 11 is 0. The highest BCUT2D eigenvalue weighted by Crippen LogP contribution is 2.22. The Morgan fingerprint density at radius 1 is 1.17 bits per heavy atom. The molecule has 0 amide bonds. The molecule has 18 heavy (non-hydrogen) atoms. The highest BCUT2D eigenvalue weighted by molar-refractivity contribution is 6.62. The molecule has 0 saturated carbocycles. The maximum Gasteiger partial charge on any atom is 0.531 e. The lowest BCUT2D eigenvalue weighted by Crippen LogP contribution is -2.57. The molecule has 107 valence electrons. The molecular weight excluding hydrogens is 252 g/mol. The molecule has 0 aromatic carbocycles. The minimum Gasteiger partial charge on any atom is -0.372 e. The highest BCUT2D eigenvalue weighted by Gasteiger charge is 2.50. The van der Waals surface area contributed by atoms with Gasteiger partial charge in [0.2, 0.25) is 0 Å². The first-order valence-corrected chi connectivity index (χ1v) is 8.46. The lowest BCUT2D eigenvalue weighted by Gasteiger charge is -2.34. The second kappa shape index (κ2) is 8.24. The van der Waals surface area contributed by atoms with Gasteiger partial charge in [0.1, 0.15) is 11.8 Å². The second-order valence-corrected chi connectivity index (χ2v) is 6.69. The van der Waals surface area contributed by atoms with E-state index >= 15 is 0 Å². The number of epoxide rings is 1. The molecule has 1 fully saturated rings. The van der Waals surface area contributed by atoms with Crippen molar-refractivity contribution in [2.45, 2.75) is 39.0 Å². The molecule has 0 aromatic heterocycles. The van der Waals surface area contributed by atoms with Crippen LogP contribution in [0.5, 0.6) is 0 Å². The molecule has 2 unspecified atom stereocenters. The lowest BCUT2D eigenvalue weighted by molar-refractivity contribution is -0.0126. The van der Waals surface area contributed by atoms with Gasteiger partial charge in [-0.1, -0.05) is 6.92 Å². The van der Waals surface area contributed by atoms with Gasteiger partial charge in [0.05, 0.1) is 13.2 Å². The average molecular weight is 277 g/mol. The summed E-state index contributed by atoms with van der Waals surface area (Å²) in [6.07, 6.45) is 0.787.